The van der Waals surface area contributed by atoms with Gasteiger partial charge in [0.2, 0.25) is 5.91 Å². The van der Waals surface area contributed by atoms with E-state index in [1.54, 1.807) is 42.5 Å². The minimum Gasteiger partial charge on any atom is -0.486 e. The lowest BCUT2D eigenvalue weighted by Crippen LogP contribution is -2.43. The highest BCUT2D eigenvalue weighted by molar-refractivity contribution is 9.10. The molecule has 3 aliphatic rings. The molecule has 0 radical (unpaired) electrons. The third kappa shape index (κ3) is 3.50. The Bertz CT molecular complexity index is 1110. The van der Waals surface area contributed by atoms with Crippen molar-refractivity contribution in [3.05, 3.63) is 46.9 Å². The average molecular weight is 486 g/mol. The summed E-state index contributed by atoms with van der Waals surface area (Å²) in [5, 5.41) is 11.8. The molecular formula is C20H16BrN5O5. The first-order chi connectivity index (χ1) is 15.0. The van der Waals surface area contributed by atoms with Crippen molar-refractivity contribution in [1.29, 1.82) is 0 Å². The van der Waals surface area contributed by atoms with Crippen molar-refractivity contribution < 1.29 is 23.9 Å². The quantitative estimate of drug-likeness (QED) is 0.663. The van der Waals surface area contributed by atoms with Crippen LogP contribution in [0.3, 0.4) is 0 Å². The summed E-state index contributed by atoms with van der Waals surface area (Å²) in [4.78, 5) is 39.3. The highest BCUT2D eigenvalue weighted by atomic mass is 79.9. The first kappa shape index (κ1) is 19.5. The Morgan fingerprint density at radius 3 is 2.58 bits per heavy atom. The number of nitrogens with zero attached hydrogens (tertiary/aromatic N) is 4. The first-order valence-electron chi connectivity index (χ1n) is 9.51. The molecule has 0 spiro atoms. The minimum atomic E-state index is -0.960. The van der Waals surface area contributed by atoms with Gasteiger partial charge in [-0.3, -0.25) is 19.4 Å². The second-order valence-corrected chi connectivity index (χ2v) is 8.00. The molecule has 2 atom stereocenters. The molecule has 2 aromatic carbocycles. The second-order valence-electron chi connectivity index (χ2n) is 7.09. The van der Waals surface area contributed by atoms with E-state index in [0.29, 0.717) is 36.1 Å². The van der Waals surface area contributed by atoms with Gasteiger partial charge in [0.05, 0.1) is 5.69 Å². The van der Waals surface area contributed by atoms with Gasteiger partial charge < -0.3 is 14.8 Å². The number of rotatable bonds is 4. The fourth-order valence-corrected chi connectivity index (χ4v) is 3.93. The lowest BCUT2D eigenvalue weighted by Gasteiger charge is -2.21. The Hall–Kier alpha value is -3.47. The van der Waals surface area contributed by atoms with E-state index in [1.807, 2.05) is 0 Å². The number of carbonyl (C=O) groups is 3. The van der Waals surface area contributed by atoms with Crippen LogP contribution in [0.1, 0.15) is 0 Å². The van der Waals surface area contributed by atoms with E-state index in [1.165, 1.54) is 5.01 Å². The summed E-state index contributed by atoms with van der Waals surface area (Å²) in [6.45, 7) is 0.685. The molecule has 1 saturated heterocycles. The molecule has 158 valence electrons. The van der Waals surface area contributed by atoms with Crippen LogP contribution in [0.15, 0.2) is 57.3 Å². The van der Waals surface area contributed by atoms with Crippen molar-refractivity contribution in [2.45, 2.75) is 12.1 Å². The number of nitrogens with one attached hydrogen (secondary N) is 1. The highest BCUT2D eigenvalue weighted by Gasteiger charge is 2.55. The maximum absolute atomic E-state index is 13.0. The minimum absolute atomic E-state index is 0.230. The molecule has 0 aliphatic carbocycles. The normalized spacial score (nSPS) is 21.5. The van der Waals surface area contributed by atoms with Crippen LogP contribution in [-0.2, 0) is 14.4 Å². The standard InChI is InChI=1S/C20H16BrN5O5/c21-11-1-4-13(5-2-11)26-19(28)17-18(20(26)29)25(24-23-17)10-16(27)22-12-3-6-14-15(9-12)31-8-7-30-14/h1-6,9,17-18H,7-8,10H2,(H,22,27)/t17-,18-/m0/s1. The van der Waals surface area contributed by atoms with Crippen LogP contribution in [0, 0.1) is 0 Å². The van der Waals surface area contributed by atoms with Crippen molar-refractivity contribution in [3.8, 4) is 11.5 Å². The van der Waals surface area contributed by atoms with Crippen molar-refractivity contribution in [3.63, 3.8) is 0 Å². The smallest absolute Gasteiger partial charge is 0.263 e. The zero-order valence-corrected chi connectivity index (χ0v) is 17.6. The monoisotopic (exact) mass is 485 g/mol. The Kier molecular flexibility index (Phi) is 4.81. The maximum atomic E-state index is 13.0. The first-order valence-corrected chi connectivity index (χ1v) is 10.3. The fraction of sp³-hybridized carbons (Fsp3) is 0.250. The number of anilines is 2. The van der Waals surface area contributed by atoms with E-state index in [-0.39, 0.29) is 6.54 Å². The summed E-state index contributed by atoms with van der Waals surface area (Å²) < 4.78 is 11.8. The van der Waals surface area contributed by atoms with E-state index in [2.05, 4.69) is 31.6 Å². The van der Waals surface area contributed by atoms with Crippen molar-refractivity contribution in [2.75, 3.05) is 30.0 Å². The van der Waals surface area contributed by atoms with Crippen LogP contribution in [-0.4, -0.2) is 54.6 Å². The van der Waals surface area contributed by atoms with Crippen LogP contribution in [0.4, 0.5) is 11.4 Å². The molecule has 3 heterocycles. The Morgan fingerprint density at radius 2 is 1.81 bits per heavy atom. The summed E-state index contributed by atoms with van der Waals surface area (Å²) in [7, 11) is 0. The number of amides is 3. The number of halogens is 1. The Labute approximate surface area is 184 Å². The fourth-order valence-electron chi connectivity index (χ4n) is 3.67. The highest BCUT2D eigenvalue weighted by Crippen LogP contribution is 2.34. The molecule has 0 bridgehead atoms. The Morgan fingerprint density at radius 1 is 1.06 bits per heavy atom. The number of hydrogen-bond acceptors (Lipinski definition) is 8. The molecule has 10 nitrogen and oxygen atoms in total. The Balaban J connectivity index is 1.28. The van der Waals surface area contributed by atoms with Crippen LogP contribution >= 0.6 is 15.9 Å². The van der Waals surface area contributed by atoms with Gasteiger partial charge in [-0.1, -0.05) is 21.2 Å². The summed E-state index contributed by atoms with van der Waals surface area (Å²) in [5.74, 6) is -0.168. The topological polar surface area (TPSA) is 113 Å². The van der Waals surface area contributed by atoms with E-state index >= 15 is 0 Å². The molecule has 3 amide bonds. The number of ether oxygens (including phenoxy) is 2. The molecule has 0 unspecified atom stereocenters. The zero-order chi connectivity index (χ0) is 21.5. The average Bonchev–Trinajstić information content (AvgIpc) is 3.28. The third-order valence-corrected chi connectivity index (χ3v) is 5.60. The molecule has 0 saturated carbocycles. The predicted octanol–water partition coefficient (Wildman–Crippen LogP) is 2.15. The number of imide groups is 1. The van der Waals surface area contributed by atoms with Crippen LogP contribution < -0.4 is 19.7 Å². The maximum Gasteiger partial charge on any atom is 0.263 e. The van der Waals surface area contributed by atoms with Gasteiger partial charge in [0.25, 0.3) is 11.8 Å². The summed E-state index contributed by atoms with van der Waals surface area (Å²) >= 11 is 3.33. The molecule has 0 aromatic heterocycles. The molecule has 1 fully saturated rings. The van der Waals surface area contributed by atoms with Gasteiger partial charge >= 0.3 is 0 Å². The van der Waals surface area contributed by atoms with Gasteiger partial charge in [-0.2, -0.15) is 5.11 Å². The molecule has 2 aromatic rings. The molecular weight excluding hydrogens is 470 g/mol. The number of benzene rings is 2. The van der Waals surface area contributed by atoms with Crippen LogP contribution in [0.25, 0.3) is 0 Å². The van der Waals surface area contributed by atoms with E-state index < -0.39 is 29.8 Å². The van der Waals surface area contributed by atoms with Gasteiger partial charge in [-0.25, -0.2) is 4.90 Å². The molecule has 1 N–H and O–H groups in total. The predicted molar refractivity (Wildman–Crippen MR) is 112 cm³/mol. The molecule has 5 rings (SSSR count). The van der Waals surface area contributed by atoms with E-state index in [0.717, 1.165) is 9.37 Å². The van der Waals surface area contributed by atoms with Gasteiger partial charge in [-0.15, -0.1) is 0 Å². The summed E-state index contributed by atoms with van der Waals surface area (Å²) in [6.07, 6.45) is 0. The molecule has 3 aliphatic heterocycles. The van der Waals surface area contributed by atoms with Gasteiger partial charge in [-0.05, 0) is 36.4 Å². The second kappa shape index (κ2) is 7.65. The van der Waals surface area contributed by atoms with Crippen LogP contribution in [0.5, 0.6) is 11.5 Å². The van der Waals surface area contributed by atoms with Crippen LogP contribution in [0.2, 0.25) is 0 Å². The largest absolute Gasteiger partial charge is 0.486 e. The van der Waals surface area contributed by atoms with Gasteiger partial charge in [0.15, 0.2) is 23.6 Å². The lowest BCUT2D eigenvalue weighted by molar-refractivity contribution is -0.123. The number of fused-ring (bicyclic) bond motifs is 2. The van der Waals surface area contributed by atoms with E-state index in [9.17, 15) is 14.4 Å². The van der Waals surface area contributed by atoms with Crippen molar-refractivity contribution >= 4 is 45.0 Å². The lowest BCUT2D eigenvalue weighted by atomic mass is 10.1. The summed E-state index contributed by atoms with van der Waals surface area (Å²) in [6, 6.07) is 9.98. The van der Waals surface area contributed by atoms with Crippen molar-refractivity contribution in [2.24, 2.45) is 10.3 Å². The SMILES string of the molecule is O=C(CN1N=N[C@@H]2C(=O)N(c3ccc(Br)cc3)C(=O)[C@H]21)Nc1ccc2c(c1)OCCO2. The van der Waals surface area contributed by atoms with Gasteiger partial charge in [0.1, 0.15) is 19.8 Å². The zero-order valence-electron chi connectivity index (χ0n) is 16.0. The number of carbonyl (C=O) groups excluding carboxylic acids is 3. The van der Waals surface area contributed by atoms with Crippen molar-refractivity contribution in [1.82, 2.24) is 5.01 Å². The van der Waals surface area contributed by atoms with Gasteiger partial charge in [0, 0.05) is 16.2 Å². The third-order valence-electron chi connectivity index (χ3n) is 5.07. The molecule has 31 heavy (non-hydrogen) atoms. The summed E-state index contributed by atoms with van der Waals surface area (Å²) in [5.41, 5.74) is 0.968. The molecule has 11 heteroatoms. The van der Waals surface area contributed by atoms with E-state index in [4.69, 9.17) is 9.47 Å². The number of hydrogen-bond donors (Lipinski definition) is 1.